The van der Waals surface area contributed by atoms with E-state index < -0.39 is 0 Å². The van der Waals surface area contributed by atoms with Crippen molar-refractivity contribution in [3.05, 3.63) is 46.8 Å². The minimum Gasteiger partial charge on any atom is -0.496 e. The van der Waals surface area contributed by atoms with Gasteiger partial charge in [0, 0.05) is 17.8 Å². The van der Waals surface area contributed by atoms with Crippen LogP contribution in [0.25, 0.3) is 0 Å². The number of H-pyrrole nitrogens is 1. The zero-order valence-electron chi connectivity index (χ0n) is 12.7. The van der Waals surface area contributed by atoms with Crippen LogP contribution in [0.5, 0.6) is 5.75 Å². The maximum atomic E-state index is 12.1. The minimum absolute atomic E-state index is 0.0720. The zero-order chi connectivity index (χ0) is 15.2. The molecule has 5 nitrogen and oxygen atoms in total. The van der Waals surface area contributed by atoms with Crippen LogP contribution in [0.15, 0.2) is 24.4 Å². The Bertz CT molecular complexity index is 620. The van der Waals surface area contributed by atoms with Crippen LogP contribution in [0.1, 0.15) is 33.6 Å². The first kappa shape index (κ1) is 15.1. The van der Waals surface area contributed by atoms with Crippen molar-refractivity contribution in [1.82, 2.24) is 15.5 Å². The molecule has 0 fully saturated rings. The number of amides is 1. The predicted octanol–water partition coefficient (Wildman–Crippen LogP) is 2.40. The van der Waals surface area contributed by atoms with Crippen LogP contribution in [0.3, 0.4) is 0 Å². The van der Waals surface area contributed by atoms with Crippen molar-refractivity contribution in [2.24, 2.45) is 0 Å². The first-order chi connectivity index (χ1) is 10.1. The summed E-state index contributed by atoms with van der Waals surface area (Å²) in [7, 11) is 1.61. The lowest BCUT2D eigenvalue weighted by atomic mass is 10.1. The second-order valence-corrected chi connectivity index (χ2v) is 5.06. The number of carbonyl (C=O) groups is 1. The maximum Gasteiger partial charge on any atom is 0.251 e. The van der Waals surface area contributed by atoms with Crippen molar-refractivity contribution in [2.45, 2.75) is 26.7 Å². The number of aryl methyl sites for hydroxylation is 3. The van der Waals surface area contributed by atoms with Crippen LogP contribution >= 0.6 is 0 Å². The van der Waals surface area contributed by atoms with E-state index in [9.17, 15) is 4.79 Å². The molecule has 0 unspecified atom stereocenters. The third kappa shape index (κ3) is 3.84. The van der Waals surface area contributed by atoms with E-state index in [0.717, 1.165) is 29.8 Å². The van der Waals surface area contributed by atoms with Crippen LogP contribution in [0.2, 0.25) is 0 Å². The number of aromatic amines is 1. The smallest absolute Gasteiger partial charge is 0.251 e. The molecule has 2 rings (SSSR count). The van der Waals surface area contributed by atoms with E-state index in [0.29, 0.717) is 12.1 Å². The molecule has 0 saturated heterocycles. The Kier molecular flexibility index (Phi) is 4.98. The number of methoxy groups -OCH3 is 1. The van der Waals surface area contributed by atoms with Crippen molar-refractivity contribution >= 4 is 5.91 Å². The van der Waals surface area contributed by atoms with Gasteiger partial charge >= 0.3 is 0 Å². The van der Waals surface area contributed by atoms with E-state index in [1.54, 1.807) is 13.2 Å². The highest BCUT2D eigenvalue weighted by Crippen LogP contribution is 2.18. The molecule has 5 heteroatoms. The molecule has 1 amide bonds. The number of nitrogens with one attached hydrogen (secondary N) is 2. The molecule has 0 aliphatic rings. The highest BCUT2D eigenvalue weighted by Gasteiger charge is 2.08. The molecular formula is C16H21N3O2. The van der Waals surface area contributed by atoms with E-state index in [4.69, 9.17) is 4.74 Å². The number of rotatable bonds is 6. The lowest BCUT2D eigenvalue weighted by Gasteiger charge is -2.08. The van der Waals surface area contributed by atoms with Crippen molar-refractivity contribution in [3.63, 3.8) is 0 Å². The van der Waals surface area contributed by atoms with E-state index in [1.165, 1.54) is 5.56 Å². The summed E-state index contributed by atoms with van der Waals surface area (Å²) in [5, 5.41) is 9.82. The normalized spacial score (nSPS) is 10.4. The van der Waals surface area contributed by atoms with Gasteiger partial charge in [0.15, 0.2) is 0 Å². The fourth-order valence-electron chi connectivity index (χ4n) is 2.17. The summed E-state index contributed by atoms with van der Waals surface area (Å²) in [5.41, 5.74) is 3.92. The summed E-state index contributed by atoms with van der Waals surface area (Å²) in [5.74, 6) is 0.661. The summed E-state index contributed by atoms with van der Waals surface area (Å²) in [6.45, 7) is 4.59. The molecule has 2 aromatic rings. The van der Waals surface area contributed by atoms with Gasteiger partial charge in [0.05, 0.1) is 13.3 Å². The van der Waals surface area contributed by atoms with E-state index in [2.05, 4.69) is 15.5 Å². The van der Waals surface area contributed by atoms with Gasteiger partial charge in [-0.15, -0.1) is 0 Å². The first-order valence-electron chi connectivity index (χ1n) is 7.03. The second-order valence-electron chi connectivity index (χ2n) is 5.06. The average molecular weight is 287 g/mol. The number of hydrogen-bond acceptors (Lipinski definition) is 3. The molecule has 0 aliphatic heterocycles. The molecule has 0 bridgehead atoms. The molecule has 0 aliphatic carbocycles. The van der Waals surface area contributed by atoms with Crippen LogP contribution in [0.4, 0.5) is 0 Å². The van der Waals surface area contributed by atoms with Crippen molar-refractivity contribution in [3.8, 4) is 5.75 Å². The molecule has 0 spiro atoms. The molecule has 1 heterocycles. The molecule has 0 radical (unpaired) electrons. The largest absolute Gasteiger partial charge is 0.496 e. The highest BCUT2D eigenvalue weighted by molar-refractivity contribution is 5.94. The number of carbonyl (C=O) groups excluding carboxylic acids is 1. The third-order valence-corrected chi connectivity index (χ3v) is 3.51. The predicted molar refractivity (Wildman–Crippen MR) is 81.7 cm³/mol. The van der Waals surface area contributed by atoms with Crippen LogP contribution in [-0.2, 0) is 6.42 Å². The van der Waals surface area contributed by atoms with Gasteiger partial charge in [-0.1, -0.05) is 6.07 Å². The fraction of sp³-hybridized carbons (Fsp3) is 0.375. The standard InChI is InChI=1S/C16H21N3O2/c1-11-6-7-13(9-15(11)21-3)16(20)17-8-4-5-14-10-18-19-12(14)2/h6-7,9-10H,4-5,8H2,1-3H3,(H,17,20)(H,18,19). The molecular weight excluding hydrogens is 266 g/mol. The summed E-state index contributed by atoms with van der Waals surface area (Å²) >= 11 is 0. The van der Waals surface area contributed by atoms with Crippen molar-refractivity contribution in [1.29, 1.82) is 0 Å². The van der Waals surface area contributed by atoms with Gasteiger partial charge in [-0.05, 0) is 49.9 Å². The fourth-order valence-corrected chi connectivity index (χ4v) is 2.17. The van der Waals surface area contributed by atoms with Gasteiger partial charge in [-0.2, -0.15) is 5.10 Å². The molecule has 1 aromatic carbocycles. The van der Waals surface area contributed by atoms with E-state index in [-0.39, 0.29) is 5.91 Å². The quantitative estimate of drug-likeness (QED) is 0.802. The number of ether oxygens (including phenoxy) is 1. The molecule has 112 valence electrons. The summed E-state index contributed by atoms with van der Waals surface area (Å²) in [6, 6.07) is 5.47. The third-order valence-electron chi connectivity index (χ3n) is 3.51. The summed E-state index contributed by atoms with van der Waals surface area (Å²) in [4.78, 5) is 12.1. The Balaban J connectivity index is 1.83. The van der Waals surface area contributed by atoms with E-state index in [1.807, 2.05) is 32.2 Å². The van der Waals surface area contributed by atoms with Crippen molar-refractivity contribution < 1.29 is 9.53 Å². The van der Waals surface area contributed by atoms with Gasteiger partial charge in [0.25, 0.3) is 5.91 Å². The SMILES string of the molecule is COc1cc(C(=O)NCCCc2cn[nH]c2C)ccc1C. The lowest BCUT2D eigenvalue weighted by molar-refractivity contribution is 0.0953. The summed E-state index contributed by atoms with van der Waals surface area (Å²) < 4.78 is 5.23. The van der Waals surface area contributed by atoms with Crippen LogP contribution < -0.4 is 10.1 Å². The Morgan fingerprint density at radius 2 is 2.19 bits per heavy atom. The maximum absolute atomic E-state index is 12.1. The van der Waals surface area contributed by atoms with Gasteiger partial charge < -0.3 is 10.1 Å². The topological polar surface area (TPSA) is 67.0 Å². The monoisotopic (exact) mass is 287 g/mol. The number of aromatic nitrogens is 2. The molecule has 1 aromatic heterocycles. The molecule has 2 N–H and O–H groups in total. The van der Waals surface area contributed by atoms with Crippen LogP contribution in [-0.4, -0.2) is 29.8 Å². The lowest BCUT2D eigenvalue weighted by Crippen LogP contribution is -2.24. The number of nitrogens with zero attached hydrogens (tertiary/aromatic N) is 1. The van der Waals surface area contributed by atoms with Gasteiger partial charge in [0.1, 0.15) is 5.75 Å². The zero-order valence-corrected chi connectivity index (χ0v) is 12.7. The van der Waals surface area contributed by atoms with Crippen LogP contribution in [0, 0.1) is 13.8 Å². The Hall–Kier alpha value is -2.30. The Labute approximate surface area is 124 Å². The second kappa shape index (κ2) is 6.92. The van der Waals surface area contributed by atoms with Crippen molar-refractivity contribution in [2.75, 3.05) is 13.7 Å². The average Bonchev–Trinajstić information content (AvgIpc) is 2.89. The highest BCUT2D eigenvalue weighted by atomic mass is 16.5. The first-order valence-corrected chi connectivity index (χ1v) is 7.03. The van der Waals surface area contributed by atoms with Gasteiger partial charge in [0.2, 0.25) is 0 Å². The molecule has 0 atom stereocenters. The Morgan fingerprint density at radius 1 is 1.38 bits per heavy atom. The molecule has 0 saturated carbocycles. The number of hydrogen-bond donors (Lipinski definition) is 2. The van der Waals surface area contributed by atoms with Gasteiger partial charge in [-0.3, -0.25) is 9.89 Å². The number of benzene rings is 1. The minimum atomic E-state index is -0.0720. The van der Waals surface area contributed by atoms with E-state index >= 15 is 0 Å². The Morgan fingerprint density at radius 3 is 2.86 bits per heavy atom. The van der Waals surface area contributed by atoms with Gasteiger partial charge in [-0.25, -0.2) is 0 Å². The molecule has 21 heavy (non-hydrogen) atoms. The summed E-state index contributed by atoms with van der Waals surface area (Å²) in [6.07, 6.45) is 3.62.